The van der Waals surface area contributed by atoms with E-state index >= 15 is 0 Å². The van der Waals surface area contributed by atoms with Gasteiger partial charge in [-0.3, -0.25) is 4.79 Å². The smallest absolute Gasteiger partial charge is 0.325 e. The Bertz CT molecular complexity index is 137. The first-order valence-electron chi connectivity index (χ1n) is 3.92. The number of hydrogen-bond donors (Lipinski definition) is 1. The van der Waals surface area contributed by atoms with E-state index in [9.17, 15) is 4.79 Å². The van der Waals surface area contributed by atoms with E-state index in [0.29, 0.717) is 6.42 Å². The summed E-state index contributed by atoms with van der Waals surface area (Å²) in [5.74, 6) is -0.328. The van der Waals surface area contributed by atoms with Gasteiger partial charge in [-0.1, -0.05) is 19.8 Å². The van der Waals surface area contributed by atoms with Crippen molar-refractivity contribution in [2.75, 3.05) is 7.11 Å². The van der Waals surface area contributed by atoms with E-state index in [2.05, 4.69) is 11.7 Å². The molecule has 1 atom stereocenters. The molecule has 0 radical (unpaired) electrons. The maximum Gasteiger partial charge on any atom is 0.325 e. The van der Waals surface area contributed by atoms with Crippen LogP contribution in [0.3, 0.4) is 0 Å². The minimum Gasteiger partial charge on any atom is -0.468 e. The first-order chi connectivity index (χ1) is 5.04. The van der Waals surface area contributed by atoms with Crippen molar-refractivity contribution in [1.82, 2.24) is 0 Å². The highest BCUT2D eigenvalue weighted by atomic mass is 35.5. The number of ether oxygens (including phenoxy) is 1. The molecule has 0 heterocycles. The maximum atomic E-state index is 11.0. The fourth-order valence-electron chi connectivity index (χ4n) is 0.879. The largest absolute Gasteiger partial charge is 0.468 e. The van der Waals surface area contributed by atoms with Gasteiger partial charge in [0.15, 0.2) is 0 Å². The van der Waals surface area contributed by atoms with Gasteiger partial charge in [-0.05, 0) is 13.3 Å². The van der Waals surface area contributed by atoms with Crippen molar-refractivity contribution in [2.24, 2.45) is 5.73 Å². The van der Waals surface area contributed by atoms with E-state index in [4.69, 9.17) is 5.73 Å². The highest BCUT2D eigenvalue weighted by Crippen LogP contribution is 2.11. The number of carbonyl (C=O) groups excluding carboxylic acids is 1. The Morgan fingerprint density at radius 2 is 2.08 bits per heavy atom. The predicted octanol–water partition coefficient (Wildman–Crippen LogP) is 1.49. The second kappa shape index (κ2) is 6.26. The van der Waals surface area contributed by atoms with Gasteiger partial charge in [0.2, 0.25) is 0 Å². The lowest BCUT2D eigenvalue weighted by Gasteiger charge is -2.20. The highest BCUT2D eigenvalue weighted by molar-refractivity contribution is 5.85. The van der Waals surface area contributed by atoms with Crippen molar-refractivity contribution in [3.05, 3.63) is 0 Å². The Labute approximate surface area is 80.1 Å². The monoisotopic (exact) mass is 195 g/mol. The topological polar surface area (TPSA) is 52.3 Å². The molecule has 1 unspecified atom stereocenters. The molecular formula is C8H18ClNO2. The number of halogens is 1. The molecule has 2 N–H and O–H groups in total. The summed E-state index contributed by atoms with van der Waals surface area (Å²) in [6.07, 6.45) is 2.70. The summed E-state index contributed by atoms with van der Waals surface area (Å²) in [6.45, 7) is 3.77. The molecule has 0 aromatic heterocycles. The third kappa shape index (κ3) is 4.57. The number of nitrogens with two attached hydrogens (primary N) is 1. The first kappa shape index (κ1) is 14.3. The van der Waals surface area contributed by atoms with E-state index in [1.165, 1.54) is 7.11 Å². The van der Waals surface area contributed by atoms with Crippen LogP contribution in [0, 0.1) is 0 Å². The van der Waals surface area contributed by atoms with Gasteiger partial charge in [0.25, 0.3) is 0 Å². The molecule has 0 aliphatic heterocycles. The second-order valence-electron chi connectivity index (χ2n) is 3.01. The lowest BCUT2D eigenvalue weighted by molar-refractivity contribution is -0.146. The summed E-state index contributed by atoms with van der Waals surface area (Å²) in [7, 11) is 1.36. The van der Waals surface area contributed by atoms with Gasteiger partial charge in [-0.15, -0.1) is 12.4 Å². The molecule has 0 bridgehead atoms. The summed E-state index contributed by atoms with van der Waals surface area (Å²) < 4.78 is 4.55. The normalized spacial score (nSPS) is 14.3. The van der Waals surface area contributed by atoms with E-state index in [0.717, 1.165) is 12.8 Å². The molecule has 74 valence electrons. The zero-order chi connectivity index (χ0) is 8.91. The van der Waals surface area contributed by atoms with Crippen LogP contribution in [0.1, 0.15) is 33.1 Å². The summed E-state index contributed by atoms with van der Waals surface area (Å²) in [5, 5.41) is 0. The fraction of sp³-hybridized carbons (Fsp3) is 0.875. The zero-order valence-electron chi connectivity index (χ0n) is 7.92. The first-order valence-corrected chi connectivity index (χ1v) is 3.92. The Kier molecular flexibility index (Phi) is 7.44. The van der Waals surface area contributed by atoms with Crippen LogP contribution in [0.4, 0.5) is 0 Å². The summed E-state index contributed by atoms with van der Waals surface area (Å²) in [5.41, 5.74) is 4.88. The molecule has 0 saturated carbocycles. The minimum atomic E-state index is -0.801. The quantitative estimate of drug-likeness (QED) is 0.692. The molecule has 0 spiro atoms. The number of unbranched alkanes of at least 4 members (excludes halogenated alkanes) is 1. The number of carbonyl (C=O) groups is 1. The Hall–Kier alpha value is -0.280. The lowest BCUT2D eigenvalue weighted by atomic mass is 9.97. The summed E-state index contributed by atoms with van der Waals surface area (Å²) >= 11 is 0. The van der Waals surface area contributed by atoms with Crippen molar-refractivity contribution in [3.63, 3.8) is 0 Å². The molecule has 0 aliphatic carbocycles. The second-order valence-corrected chi connectivity index (χ2v) is 3.01. The van der Waals surface area contributed by atoms with Gasteiger partial charge in [-0.2, -0.15) is 0 Å². The number of hydrogen-bond acceptors (Lipinski definition) is 3. The number of methoxy groups -OCH3 is 1. The van der Waals surface area contributed by atoms with Crippen molar-refractivity contribution in [1.29, 1.82) is 0 Å². The van der Waals surface area contributed by atoms with Crippen LogP contribution in [0.5, 0.6) is 0 Å². The van der Waals surface area contributed by atoms with Crippen LogP contribution in [0.25, 0.3) is 0 Å². The molecule has 0 aliphatic rings. The minimum absolute atomic E-state index is 0. The SMILES string of the molecule is CCCCC(C)(N)C(=O)OC.Cl. The predicted molar refractivity (Wildman–Crippen MR) is 51.4 cm³/mol. The van der Waals surface area contributed by atoms with E-state index in [1.807, 2.05) is 0 Å². The molecule has 0 aromatic carbocycles. The van der Waals surface area contributed by atoms with E-state index in [-0.39, 0.29) is 18.4 Å². The van der Waals surface area contributed by atoms with Crippen LogP contribution in [0.2, 0.25) is 0 Å². The molecule has 0 aromatic rings. The van der Waals surface area contributed by atoms with Gasteiger partial charge in [-0.25, -0.2) is 0 Å². The van der Waals surface area contributed by atoms with Gasteiger partial charge >= 0.3 is 5.97 Å². The van der Waals surface area contributed by atoms with E-state index in [1.54, 1.807) is 6.92 Å². The van der Waals surface area contributed by atoms with Crippen LogP contribution in [-0.4, -0.2) is 18.6 Å². The van der Waals surface area contributed by atoms with Crippen molar-refractivity contribution >= 4 is 18.4 Å². The van der Waals surface area contributed by atoms with Crippen LogP contribution < -0.4 is 5.73 Å². The fourth-order valence-corrected chi connectivity index (χ4v) is 0.879. The summed E-state index contributed by atoms with van der Waals surface area (Å²) in [6, 6.07) is 0. The average molecular weight is 196 g/mol. The van der Waals surface area contributed by atoms with Crippen molar-refractivity contribution in [2.45, 2.75) is 38.6 Å². The van der Waals surface area contributed by atoms with Gasteiger partial charge in [0.05, 0.1) is 7.11 Å². The molecule has 4 heteroatoms. The van der Waals surface area contributed by atoms with Gasteiger partial charge in [0.1, 0.15) is 5.54 Å². The molecule has 12 heavy (non-hydrogen) atoms. The lowest BCUT2D eigenvalue weighted by Crippen LogP contribution is -2.45. The van der Waals surface area contributed by atoms with Crippen LogP contribution in [0.15, 0.2) is 0 Å². The number of rotatable bonds is 4. The third-order valence-corrected chi connectivity index (χ3v) is 1.70. The van der Waals surface area contributed by atoms with E-state index < -0.39 is 5.54 Å². The molecular weight excluding hydrogens is 178 g/mol. The van der Waals surface area contributed by atoms with Crippen molar-refractivity contribution < 1.29 is 9.53 Å². The van der Waals surface area contributed by atoms with Crippen LogP contribution in [-0.2, 0) is 9.53 Å². The van der Waals surface area contributed by atoms with Crippen molar-refractivity contribution in [3.8, 4) is 0 Å². The highest BCUT2D eigenvalue weighted by Gasteiger charge is 2.28. The molecule has 3 nitrogen and oxygen atoms in total. The van der Waals surface area contributed by atoms with Crippen LogP contribution >= 0.6 is 12.4 Å². The molecule has 0 saturated heterocycles. The molecule has 0 fully saturated rings. The van der Waals surface area contributed by atoms with Gasteiger partial charge < -0.3 is 10.5 Å². The average Bonchev–Trinajstić information content (AvgIpc) is 1.99. The Morgan fingerprint density at radius 1 is 1.58 bits per heavy atom. The zero-order valence-corrected chi connectivity index (χ0v) is 8.74. The standard InChI is InChI=1S/C8H17NO2.ClH/c1-4-5-6-8(2,9)7(10)11-3;/h4-6,9H2,1-3H3;1H. The number of esters is 1. The molecule has 0 amide bonds. The molecule has 0 rings (SSSR count). The van der Waals surface area contributed by atoms with Gasteiger partial charge in [0, 0.05) is 0 Å². The Balaban J connectivity index is 0. The Morgan fingerprint density at radius 3 is 2.42 bits per heavy atom. The maximum absolute atomic E-state index is 11.0. The summed E-state index contributed by atoms with van der Waals surface area (Å²) in [4.78, 5) is 11.0. The third-order valence-electron chi connectivity index (χ3n) is 1.70.